The molecule has 1 aromatic heterocycles. The number of sulfonamides is 1. The molecule has 1 unspecified atom stereocenters. The topological polar surface area (TPSA) is 70.6 Å². The van der Waals surface area contributed by atoms with E-state index in [9.17, 15) is 17.6 Å². The van der Waals surface area contributed by atoms with Gasteiger partial charge in [-0.15, -0.1) is 11.8 Å². The third-order valence-corrected chi connectivity index (χ3v) is 8.21. The van der Waals surface area contributed by atoms with E-state index in [1.165, 1.54) is 35.2 Å². The Morgan fingerprint density at radius 2 is 1.90 bits per heavy atom. The summed E-state index contributed by atoms with van der Waals surface area (Å²) in [5.41, 5.74) is 1.24. The maximum absolute atomic E-state index is 13.2. The van der Waals surface area contributed by atoms with Gasteiger partial charge >= 0.3 is 0 Å². The van der Waals surface area contributed by atoms with Crippen molar-refractivity contribution in [2.24, 2.45) is 0 Å². The summed E-state index contributed by atoms with van der Waals surface area (Å²) in [5.74, 6) is -0.0905. The molecule has 9 heteroatoms. The molecule has 1 saturated heterocycles. The third kappa shape index (κ3) is 3.92. The molecular formula is C21H20FN3O3S2. The number of carbonyl (C=O) groups is 1. The molecule has 0 radical (unpaired) electrons. The second-order valence-corrected chi connectivity index (χ2v) is 10.0. The van der Waals surface area contributed by atoms with Crippen LogP contribution in [0.3, 0.4) is 0 Å². The van der Waals surface area contributed by atoms with Crippen LogP contribution in [0, 0.1) is 5.82 Å². The van der Waals surface area contributed by atoms with Crippen LogP contribution < -0.4 is 0 Å². The van der Waals surface area contributed by atoms with E-state index in [0.717, 1.165) is 10.9 Å². The number of thioether (sulfide) groups is 1. The van der Waals surface area contributed by atoms with E-state index < -0.39 is 10.0 Å². The van der Waals surface area contributed by atoms with E-state index >= 15 is 0 Å². The first kappa shape index (κ1) is 20.8. The van der Waals surface area contributed by atoms with Gasteiger partial charge in [0.15, 0.2) is 0 Å². The molecule has 156 valence electrons. The Kier molecular flexibility index (Phi) is 5.77. The molecule has 0 spiro atoms. The average Bonchev–Trinajstić information content (AvgIpc) is 3.12. The zero-order valence-electron chi connectivity index (χ0n) is 16.2. The SMILES string of the molecule is CN(CCN1C(=O)CSC1c1ccc(F)cc1)S(=O)(=O)c1cccc2cccnc12. The Bertz CT molecular complexity index is 1180. The lowest BCUT2D eigenvalue weighted by molar-refractivity contribution is -0.128. The van der Waals surface area contributed by atoms with Crippen LogP contribution >= 0.6 is 11.8 Å². The quantitative estimate of drug-likeness (QED) is 0.583. The molecule has 1 aliphatic rings. The van der Waals surface area contributed by atoms with Gasteiger partial charge in [-0.05, 0) is 29.8 Å². The Balaban J connectivity index is 1.53. The predicted octanol–water partition coefficient (Wildman–Crippen LogP) is 3.27. The highest BCUT2D eigenvalue weighted by atomic mass is 32.2. The van der Waals surface area contributed by atoms with Crippen molar-refractivity contribution in [3.63, 3.8) is 0 Å². The first-order chi connectivity index (χ1) is 14.4. The molecule has 2 aromatic carbocycles. The fraction of sp³-hybridized carbons (Fsp3) is 0.238. The van der Waals surface area contributed by atoms with Crippen molar-refractivity contribution in [1.29, 1.82) is 0 Å². The second-order valence-electron chi connectivity index (χ2n) is 6.96. The van der Waals surface area contributed by atoms with Crippen molar-refractivity contribution >= 4 is 38.6 Å². The van der Waals surface area contributed by atoms with Crippen molar-refractivity contribution in [2.45, 2.75) is 10.3 Å². The minimum Gasteiger partial charge on any atom is -0.325 e. The van der Waals surface area contributed by atoms with Gasteiger partial charge in [0.1, 0.15) is 16.1 Å². The Morgan fingerprint density at radius 3 is 2.67 bits per heavy atom. The summed E-state index contributed by atoms with van der Waals surface area (Å²) in [6, 6.07) is 14.6. The smallest absolute Gasteiger partial charge is 0.245 e. The number of amides is 1. The third-order valence-electron chi connectivity index (χ3n) is 5.06. The lowest BCUT2D eigenvalue weighted by atomic mass is 10.2. The van der Waals surface area contributed by atoms with Crippen LogP contribution in [-0.2, 0) is 14.8 Å². The van der Waals surface area contributed by atoms with Gasteiger partial charge < -0.3 is 4.90 Å². The summed E-state index contributed by atoms with van der Waals surface area (Å²) in [4.78, 5) is 18.4. The molecule has 30 heavy (non-hydrogen) atoms. The van der Waals surface area contributed by atoms with Crippen molar-refractivity contribution in [3.05, 3.63) is 72.2 Å². The summed E-state index contributed by atoms with van der Waals surface area (Å²) in [6.45, 7) is 0.372. The number of benzene rings is 2. The summed E-state index contributed by atoms with van der Waals surface area (Å²) < 4.78 is 40.8. The molecule has 0 aliphatic carbocycles. The van der Waals surface area contributed by atoms with Crippen molar-refractivity contribution < 1.29 is 17.6 Å². The Labute approximate surface area is 178 Å². The fourth-order valence-corrected chi connectivity index (χ4v) is 5.96. The molecule has 6 nitrogen and oxygen atoms in total. The fourth-order valence-electron chi connectivity index (χ4n) is 3.42. The van der Waals surface area contributed by atoms with Crippen LogP contribution in [0.5, 0.6) is 0 Å². The van der Waals surface area contributed by atoms with E-state index in [2.05, 4.69) is 4.98 Å². The first-order valence-electron chi connectivity index (χ1n) is 9.34. The largest absolute Gasteiger partial charge is 0.325 e. The Morgan fingerprint density at radius 1 is 1.17 bits per heavy atom. The highest BCUT2D eigenvalue weighted by molar-refractivity contribution is 8.00. The predicted molar refractivity (Wildman–Crippen MR) is 115 cm³/mol. The number of halogens is 1. The van der Waals surface area contributed by atoms with Crippen molar-refractivity contribution in [1.82, 2.24) is 14.2 Å². The average molecular weight is 446 g/mol. The van der Waals surface area contributed by atoms with Gasteiger partial charge in [-0.3, -0.25) is 9.78 Å². The molecule has 1 amide bonds. The number of likely N-dealkylation sites (N-methyl/N-ethyl adjacent to an activating group) is 1. The number of aromatic nitrogens is 1. The van der Waals surface area contributed by atoms with E-state index in [4.69, 9.17) is 0 Å². The van der Waals surface area contributed by atoms with Gasteiger partial charge in [0.2, 0.25) is 15.9 Å². The molecule has 2 heterocycles. The molecule has 4 rings (SSSR count). The van der Waals surface area contributed by atoms with E-state index in [1.807, 2.05) is 12.1 Å². The maximum Gasteiger partial charge on any atom is 0.245 e. The van der Waals surface area contributed by atoms with Gasteiger partial charge in [0.05, 0.1) is 11.3 Å². The van der Waals surface area contributed by atoms with Crippen molar-refractivity contribution in [2.75, 3.05) is 25.9 Å². The van der Waals surface area contributed by atoms with E-state index in [-0.39, 0.29) is 35.1 Å². The molecule has 0 saturated carbocycles. The van der Waals surface area contributed by atoms with Crippen molar-refractivity contribution in [3.8, 4) is 0 Å². The summed E-state index contributed by atoms with van der Waals surface area (Å²) >= 11 is 1.45. The molecule has 0 N–H and O–H groups in total. The maximum atomic E-state index is 13.2. The van der Waals surface area contributed by atoms with Crippen LogP contribution in [0.1, 0.15) is 10.9 Å². The summed E-state index contributed by atoms with van der Waals surface area (Å²) in [5, 5.41) is 0.489. The van der Waals surface area contributed by atoms with Crippen LogP contribution in [0.2, 0.25) is 0 Å². The highest BCUT2D eigenvalue weighted by Gasteiger charge is 2.33. The molecular weight excluding hydrogens is 425 g/mol. The summed E-state index contributed by atoms with van der Waals surface area (Å²) in [6.07, 6.45) is 1.56. The summed E-state index contributed by atoms with van der Waals surface area (Å²) in [7, 11) is -2.29. The molecule has 1 aliphatic heterocycles. The number of pyridine rings is 1. The van der Waals surface area contributed by atoms with Crippen LogP contribution in [0.25, 0.3) is 10.9 Å². The number of hydrogen-bond acceptors (Lipinski definition) is 5. The monoisotopic (exact) mass is 445 g/mol. The van der Waals surface area contributed by atoms with Gasteiger partial charge in [-0.2, -0.15) is 4.31 Å². The van der Waals surface area contributed by atoms with Crippen LogP contribution in [-0.4, -0.2) is 54.4 Å². The number of hydrogen-bond donors (Lipinski definition) is 0. The highest BCUT2D eigenvalue weighted by Crippen LogP contribution is 2.38. The lowest BCUT2D eigenvalue weighted by Crippen LogP contribution is -2.38. The van der Waals surface area contributed by atoms with Gasteiger partial charge in [-0.25, -0.2) is 12.8 Å². The number of nitrogens with zero attached hydrogens (tertiary/aromatic N) is 3. The number of para-hydroxylation sites is 1. The van der Waals surface area contributed by atoms with E-state index in [1.54, 1.807) is 41.4 Å². The number of carbonyl (C=O) groups excluding carboxylic acids is 1. The standard InChI is InChI=1S/C21H20FN3O3S2/c1-24(30(27,28)18-6-2-4-15-5-3-11-23-20(15)18)12-13-25-19(26)14-29-21(25)16-7-9-17(22)10-8-16/h2-11,21H,12-14H2,1H3. The van der Waals surface area contributed by atoms with E-state index in [0.29, 0.717) is 11.3 Å². The zero-order chi connectivity index (χ0) is 21.3. The molecule has 3 aromatic rings. The number of rotatable bonds is 6. The second kappa shape index (κ2) is 8.33. The minimum atomic E-state index is -3.79. The molecule has 0 bridgehead atoms. The van der Waals surface area contributed by atoms with Crippen LogP contribution in [0.4, 0.5) is 4.39 Å². The number of fused-ring (bicyclic) bond motifs is 1. The molecule has 1 atom stereocenters. The lowest BCUT2D eigenvalue weighted by Gasteiger charge is -2.26. The van der Waals surface area contributed by atoms with Crippen LogP contribution in [0.15, 0.2) is 65.7 Å². The normalized spacial score (nSPS) is 17.2. The Hall–Kier alpha value is -2.49. The van der Waals surface area contributed by atoms with Gasteiger partial charge in [0, 0.05) is 31.7 Å². The first-order valence-corrected chi connectivity index (χ1v) is 11.8. The zero-order valence-corrected chi connectivity index (χ0v) is 17.9. The van der Waals surface area contributed by atoms with Gasteiger partial charge in [0.25, 0.3) is 0 Å². The minimum absolute atomic E-state index is 0.0630. The molecule has 1 fully saturated rings. The van der Waals surface area contributed by atoms with Gasteiger partial charge in [-0.1, -0.05) is 30.3 Å².